The third kappa shape index (κ3) is 6.71. The Morgan fingerprint density at radius 1 is 1.19 bits per heavy atom. The number of carbonyl (C=O) groups excluding carboxylic acids is 2. The molecule has 1 aromatic heterocycles. The lowest BCUT2D eigenvalue weighted by Gasteiger charge is -2.36. The monoisotopic (exact) mass is 522 g/mol. The van der Waals surface area contributed by atoms with Crippen molar-refractivity contribution in [3.05, 3.63) is 79.8 Å². The number of nitrogens with zero attached hydrogens (tertiary/aromatic N) is 3. The van der Waals surface area contributed by atoms with E-state index in [4.69, 9.17) is 4.74 Å². The maximum Gasteiger partial charge on any atom is 0.338 e. The van der Waals surface area contributed by atoms with Crippen LogP contribution in [0.2, 0.25) is 0 Å². The number of nitro groups is 1. The number of hydrogen-bond donors (Lipinski definition) is 1. The van der Waals surface area contributed by atoms with Crippen LogP contribution in [0.1, 0.15) is 46.9 Å². The molecule has 9 nitrogen and oxygen atoms in total. The van der Waals surface area contributed by atoms with Crippen molar-refractivity contribution in [1.29, 1.82) is 0 Å². The van der Waals surface area contributed by atoms with Crippen LogP contribution in [-0.2, 0) is 22.6 Å². The van der Waals surface area contributed by atoms with Crippen LogP contribution in [0, 0.1) is 28.9 Å². The molecule has 4 rings (SSSR count). The lowest BCUT2D eigenvalue weighted by Crippen LogP contribution is -2.39. The van der Waals surface area contributed by atoms with Crippen LogP contribution in [0.4, 0.5) is 17.1 Å². The lowest BCUT2D eigenvalue weighted by atomic mass is 9.91. The molecule has 1 aliphatic heterocycles. The zero-order valence-electron chi connectivity index (χ0n) is 21.1. The van der Waals surface area contributed by atoms with Gasteiger partial charge >= 0.3 is 5.97 Å². The van der Waals surface area contributed by atoms with Gasteiger partial charge in [0.25, 0.3) is 5.69 Å². The molecule has 2 aromatic carbocycles. The summed E-state index contributed by atoms with van der Waals surface area (Å²) in [6.07, 6.45) is 1.19. The van der Waals surface area contributed by atoms with E-state index in [9.17, 15) is 19.7 Å². The third-order valence-corrected chi connectivity index (χ3v) is 7.20. The molecular formula is C27H30N4O5S. The van der Waals surface area contributed by atoms with Crippen molar-refractivity contribution in [1.82, 2.24) is 4.98 Å². The number of esters is 1. The number of rotatable bonds is 8. The highest BCUT2D eigenvalue weighted by Crippen LogP contribution is 2.34. The van der Waals surface area contributed by atoms with E-state index >= 15 is 0 Å². The predicted molar refractivity (Wildman–Crippen MR) is 143 cm³/mol. The number of benzene rings is 2. The van der Waals surface area contributed by atoms with Gasteiger partial charge in [0, 0.05) is 30.2 Å². The average Bonchev–Trinajstić information content (AvgIpc) is 3.30. The number of nitrogens with one attached hydrogen (secondary N) is 1. The molecule has 0 radical (unpaired) electrons. The van der Waals surface area contributed by atoms with Gasteiger partial charge in [0.05, 0.1) is 22.6 Å². The Kier molecular flexibility index (Phi) is 8.17. The largest absolute Gasteiger partial charge is 0.456 e. The number of para-hydroxylation sites is 1. The van der Waals surface area contributed by atoms with Crippen molar-refractivity contribution in [2.45, 2.75) is 40.2 Å². The predicted octanol–water partition coefficient (Wildman–Crippen LogP) is 5.38. The SMILES string of the molecule is Cc1ccccc1NC(=O)Cc1nc(COC(=O)c2ccc(N3C[C@H](C)C[C@H](C)C3)c([N+](=O)[O-])c2)cs1. The Hall–Kier alpha value is -3.79. The van der Waals surface area contributed by atoms with Crippen LogP contribution in [0.15, 0.2) is 47.8 Å². The molecule has 2 atom stereocenters. The number of hydrogen-bond acceptors (Lipinski definition) is 8. The van der Waals surface area contributed by atoms with E-state index in [0.29, 0.717) is 28.2 Å². The normalized spacial score (nSPS) is 17.3. The van der Waals surface area contributed by atoms with Crippen molar-refractivity contribution in [3.8, 4) is 0 Å². The molecule has 1 N–H and O–H groups in total. The Bertz CT molecular complexity index is 1300. The molecule has 10 heteroatoms. The number of thiazole rings is 1. The highest BCUT2D eigenvalue weighted by molar-refractivity contribution is 7.09. The number of aryl methyl sites for hydroxylation is 1. The molecule has 0 spiro atoms. The summed E-state index contributed by atoms with van der Waals surface area (Å²) < 4.78 is 5.37. The van der Waals surface area contributed by atoms with E-state index in [1.165, 1.54) is 17.4 Å². The van der Waals surface area contributed by atoms with E-state index in [-0.39, 0.29) is 30.2 Å². The van der Waals surface area contributed by atoms with Gasteiger partial charge in [0.2, 0.25) is 5.91 Å². The van der Waals surface area contributed by atoms with Gasteiger partial charge in [-0.1, -0.05) is 32.0 Å². The number of carbonyl (C=O) groups is 2. The molecule has 1 amide bonds. The summed E-state index contributed by atoms with van der Waals surface area (Å²) in [7, 11) is 0. The van der Waals surface area contributed by atoms with E-state index in [0.717, 1.165) is 30.8 Å². The minimum atomic E-state index is -0.665. The highest BCUT2D eigenvalue weighted by Gasteiger charge is 2.28. The average molecular weight is 523 g/mol. The van der Waals surface area contributed by atoms with Crippen molar-refractivity contribution in [3.63, 3.8) is 0 Å². The topological polar surface area (TPSA) is 115 Å². The van der Waals surface area contributed by atoms with Crippen molar-refractivity contribution in [2.75, 3.05) is 23.3 Å². The summed E-state index contributed by atoms with van der Waals surface area (Å²) in [4.78, 5) is 42.8. The Morgan fingerprint density at radius 3 is 2.62 bits per heavy atom. The lowest BCUT2D eigenvalue weighted by molar-refractivity contribution is -0.384. The van der Waals surface area contributed by atoms with E-state index in [1.54, 1.807) is 17.5 Å². The van der Waals surface area contributed by atoms with Gasteiger partial charge in [-0.2, -0.15) is 0 Å². The number of aromatic nitrogens is 1. The number of piperidine rings is 1. The summed E-state index contributed by atoms with van der Waals surface area (Å²) in [6, 6.07) is 12.0. The van der Waals surface area contributed by atoms with Gasteiger partial charge in [-0.05, 0) is 48.9 Å². The van der Waals surface area contributed by atoms with Crippen LogP contribution in [-0.4, -0.2) is 34.9 Å². The molecule has 0 aliphatic carbocycles. The first-order valence-corrected chi connectivity index (χ1v) is 13.1. The molecule has 0 saturated carbocycles. The van der Waals surface area contributed by atoms with Crippen molar-refractivity contribution < 1.29 is 19.2 Å². The minimum absolute atomic E-state index is 0.0918. The molecule has 0 unspecified atom stereocenters. The second kappa shape index (κ2) is 11.5. The van der Waals surface area contributed by atoms with E-state index in [2.05, 4.69) is 24.1 Å². The van der Waals surface area contributed by atoms with Crippen molar-refractivity contribution >= 4 is 40.3 Å². The van der Waals surface area contributed by atoms with Crippen LogP contribution in [0.25, 0.3) is 0 Å². The fourth-order valence-electron chi connectivity index (χ4n) is 4.69. The summed E-state index contributed by atoms with van der Waals surface area (Å²) >= 11 is 1.31. The number of ether oxygens (including phenoxy) is 1. The third-order valence-electron chi connectivity index (χ3n) is 6.30. The first-order chi connectivity index (χ1) is 17.7. The number of anilines is 2. The zero-order chi connectivity index (χ0) is 26.5. The van der Waals surface area contributed by atoms with Crippen LogP contribution in [0.3, 0.4) is 0 Å². The summed E-state index contributed by atoms with van der Waals surface area (Å²) in [5, 5.41) is 17.0. The summed E-state index contributed by atoms with van der Waals surface area (Å²) in [5.41, 5.74) is 2.76. The second-order valence-corrected chi connectivity index (χ2v) is 10.6. The maximum atomic E-state index is 12.7. The molecule has 2 heterocycles. The standard InChI is InChI=1S/C27H30N4O5S/c1-17-10-18(2)14-30(13-17)23-9-8-20(11-24(23)31(34)35)27(33)36-15-21-16-37-26(28-21)12-25(32)29-22-7-5-4-6-19(22)3/h4-9,11,16-18H,10,12-15H2,1-3H3,(H,29,32)/t17-,18+. The van der Waals surface area contributed by atoms with E-state index < -0.39 is 10.9 Å². The molecule has 1 saturated heterocycles. The molecule has 0 bridgehead atoms. The van der Waals surface area contributed by atoms with Gasteiger partial charge in [-0.3, -0.25) is 14.9 Å². The summed E-state index contributed by atoms with van der Waals surface area (Å²) in [5.74, 6) is 0.0213. The smallest absolute Gasteiger partial charge is 0.338 e. The fourth-order valence-corrected chi connectivity index (χ4v) is 5.47. The van der Waals surface area contributed by atoms with Gasteiger partial charge in [0.1, 0.15) is 17.3 Å². The summed E-state index contributed by atoms with van der Waals surface area (Å²) in [6.45, 7) is 7.59. The van der Waals surface area contributed by atoms with Gasteiger partial charge in [-0.25, -0.2) is 9.78 Å². The van der Waals surface area contributed by atoms with Crippen molar-refractivity contribution in [2.24, 2.45) is 11.8 Å². The highest BCUT2D eigenvalue weighted by atomic mass is 32.1. The fraction of sp³-hybridized carbons (Fsp3) is 0.370. The first kappa shape index (κ1) is 26.3. The second-order valence-electron chi connectivity index (χ2n) is 9.66. The Morgan fingerprint density at radius 2 is 1.92 bits per heavy atom. The van der Waals surface area contributed by atoms with Crippen LogP contribution >= 0.6 is 11.3 Å². The molecular weight excluding hydrogens is 492 g/mol. The Labute approximate surface area is 219 Å². The molecule has 3 aromatic rings. The van der Waals surface area contributed by atoms with Gasteiger partial charge in [-0.15, -0.1) is 11.3 Å². The molecule has 1 fully saturated rings. The minimum Gasteiger partial charge on any atom is -0.456 e. The van der Waals surface area contributed by atoms with Gasteiger partial charge in [0.15, 0.2) is 0 Å². The van der Waals surface area contributed by atoms with E-state index in [1.807, 2.05) is 36.1 Å². The Balaban J connectivity index is 1.36. The maximum absolute atomic E-state index is 12.7. The van der Waals surface area contributed by atoms with Crippen LogP contribution < -0.4 is 10.2 Å². The van der Waals surface area contributed by atoms with Crippen LogP contribution in [0.5, 0.6) is 0 Å². The molecule has 37 heavy (non-hydrogen) atoms. The number of amides is 1. The first-order valence-electron chi connectivity index (χ1n) is 12.2. The molecule has 194 valence electrons. The number of nitro benzene ring substituents is 1. The molecule has 1 aliphatic rings. The quantitative estimate of drug-likeness (QED) is 0.240. The van der Waals surface area contributed by atoms with Gasteiger partial charge < -0.3 is 15.0 Å². The zero-order valence-corrected chi connectivity index (χ0v) is 21.9.